The summed E-state index contributed by atoms with van der Waals surface area (Å²) in [6, 6.07) is 19.8. The van der Waals surface area contributed by atoms with E-state index in [1.54, 1.807) is 11.3 Å². The largest absolute Gasteiger partial charge is 0.490 e. The summed E-state index contributed by atoms with van der Waals surface area (Å²) in [5.74, 6) is 1.25. The molecule has 0 saturated heterocycles. The summed E-state index contributed by atoms with van der Waals surface area (Å²) in [5, 5.41) is 2.11. The minimum atomic E-state index is -0.0607. The molecule has 0 N–H and O–H groups in total. The maximum Gasteiger partial charge on any atom is 0.261 e. The molecular formula is C23H23NO3S. The number of carbonyl (C=O) groups is 1. The van der Waals surface area contributed by atoms with Gasteiger partial charge in [-0.1, -0.05) is 42.5 Å². The highest BCUT2D eigenvalue weighted by molar-refractivity contribution is 7.10. The fraction of sp³-hybridized carbons (Fsp3) is 0.261. The monoisotopic (exact) mass is 393 g/mol. The smallest absolute Gasteiger partial charge is 0.261 e. The van der Waals surface area contributed by atoms with Crippen LogP contribution in [-0.2, 0) is 11.2 Å². The summed E-state index contributed by atoms with van der Waals surface area (Å²) in [5.41, 5.74) is 2.36. The zero-order valence-electron chi connectivity index (χ0n) is 15.8. The lowest BCUT2D eigenvalue weighted by molar-refractivity contribution is -0.135. The highest BCUT2D eigenvalue weighted by atomic mass is 32.1. The van der Waals surface area contributed by atoms with Crippen molar-refractivity contribution < 1.29 is 14.3 Å². The minimum absolute atomic E-state index is 0.00705. The van der Waals surface area contributed by atoms with Gasteiger partial charge < -0.3 is 14.4 Å². The van der Waals surface area contributed by atoms with Crippen molar-refractivity contribution in [1.82, 2.24) is 4.90 Å². The summed E-state index contributed by atoms with van der Waals surface area (Å²) < 4.78 is 11.4. The second-order valence-corrected chi connectivity index (χ2v) is 7.62. The Bertz CT molecular complexity index is 938. The molecule has 1 atom stereocenters. The van der Waals surface area contributed by atoms with Gasteiger partial charge in [0, 0.05) is 11.4 Å². The minimum Gasteiger partial charge on any atom is -0.490 e. The van der Waals surface area contributed by atoms with E-state index in [9.17, 15) is 4.79 Å². The van der Waals surface area contributed by atoms with Gasteiger partial charge in [-0.3, -0.25) is 4.79 Å². The van der Waals surface area contributed by atoms with Gasteiger partial charge in [0.15, 0.2) is 18.1 Å². The zero-order valence-corrected chi connectivity index (χ0v) is 16.7. The number of thiophene rings is 1. The van der Waals surface area contributed by atoms with Crippen LogP contribution in [-0.4, -0.2) is 30.6 Å². The van der Waals surface area contributed by atoms with Crippen LogP contribution in [0.25, 0.3) is 0 Å². The molecule has 4 rings (SSSR count). The van der Waals surface area contributed by atoms with E-state index in [-0.39, 0.29) is 18.6 Å². The van der Waals surface area contributed by atoms with E-state index < -0.39 is 0 Å². The van der Waals surface area contributed by atoms with E-state index in [0.717, 1.165) is 12.0 Å². The fourth-order valence-corrected chi connectivity index (χ4v) is 4.55. The van der Waals surface area contributed by atoms with Gasteiger partial charge in [-0.25, -0.2) is 0 Å². The molecule has 144 valence electrons. The number of para-hydroxylation sites is 2. The first-order chi connectivity index (χ1) is 13.8. The summed E-state index contributed by atoms with van der Waals surface area (Å²) in [6.45, 7) is 3.17. The van der Waals surface area contributed by atoms with E-state index >= 15 is 0 Å². The molecule has 28 heavy (non-hydrogen) atoms. The number of nitrogens with zero attached hydrogens (tertiary/aromatic N) is 1. The third-order valence-corrected chi connectivity index (χ3v) is 5.90. The summed E-state index contributed by atoms with van der Waals surface area (Å²) in [7, 11) is 0. The molecule has 4 nitrogen and oxygen atoms in total. The molecular weight excluding hydrogens is 370 g/mol. The third kappa shape index (κ3) is 3.76. The van der Waals surface area contributed by atoms with Crippen LogP contribution in [0.4, 0.5) is 0 Å². The SMILES string of the molecule is CCOc1ccccc1OCC(=O)N1CCc2sccc2C1c1ccccc1. The number of hydrogen-bond donors (Lipinski definition) is 0. The van der Waals surface area contributed by atoms with Crippen LogP contribution >= 0.6 is 11.3 Å². The first kappa shape index (κ1) is 18.6. The van der Waals surface area contributed by atoms with Crippen LogP contribution in [0, 0.1) is 0 Å². The molecule has 0 fully saturated rings. The van der Waals surface area contributed by atoms with E-state index in [1.165, 1.54) is 10.4 Å². The number of hydrogen-bond acceptors (Lipinski definition) is 4. The van der Waals surface area contributed by atoms with Gasteiger partial charge in [0.2, 0.25) is 0 Å². The zero-order chi connectivity index (χ0) is 19.3. The molecule has 3 aromatic rings. The topological polar surface area (TPSA) is 38.8 Å². The lowest BCUT2D eigenvalue weighted by Gasteiger charge is -2.36. The average molecular weight is 394 g/mol. The Morgan fingerprint density at radius 3 is 2.50 bits per heavy atom. The predicted octanol–water partition coefficient (Wildman–Crippen LogP) is 4.70. The van der Waals surface area contributed by atoms with Crippen LogP contribution in [0.1, 0.15) is 29.0 Å². The quantitative estimate of drug-likeness (QED) is 0.609. The highest BCUT2D eigenvalue weighted by Gasteiger charge is 2.32. The molecule has 0 radical (unpaired) electrons. The van der Waals surface area contributed by atoms with Crippen molar-refractivity contribution in [3.05, 3.63) is 82.0 Å². The van der Waals surface area contributed by atoms with Gasteiger partial charge in [0.1, 0.15) is 0 Å². The van der Waals surface area contributed by atoms with Crippen molar-refractivity contribution in [2.24, 2.45) is 0 Å². The summed E-state index contributed by atoms with van der Waals surface area (Å²) in [4.78, 5) is 16.4. The van der Waals surface area contributed by atoms with Gasteiger partial charge in [-0.05, 0) is 48.1 Å². The number of ether oxygens (including phenoxy) is 2. The Morgan fingerprint density at radius 2 is 1.75 bits per heavy atom. The van der Waals surface area contributed by atoms with Crippen molar-refractivity contribution in [2.45, 2.75) is 19.4 Å². The Balaban J connectivity index is 1.55. The Hall–Kier alpha value is -2.79. The highest BCUT2D eigenvalue weighted by Crippen LogP contribution is 2.37. The Kier molecular flexibility index (Phi) is 5.63. The Morgan fingerprint density at radius 1 is 1.04 bits per heavy atom. The molecule has 1 aromatic heterocycles. The van der Waals surface area contributed by atoms with Gasteiger partial charge in [0.05, 0.1) is 12.6 Å². The van der Waals surface area contributed by atoms with E-state index in [1.807, 2.05) is 54.3 Å². The summed E-state index contributed by atoms with van der Waals surface area (Å²) in [6.07, 6.45) is 0.887. The molecule has 0 aliphatic carbocycles. The van der Waals surface area contributed by atoms with Gasteiger partial charge in [0.25, 0.3) is 5.91 Å². The van der Waals surface area contributed by atoms with Crippen molar-refractivity contribution in [3.8, 4) is 11.5 Å². The van der Waals surface area contributed by atoms with Crippen molar-refractivity contribution in [3.63, 3.8) is 0 Å². The van der Waals surface area contributed by atoms with E-state index in [4.69, 9.17) is 9.47 Å². The molecule has 2 aromatic carbocycles. The van der Waals surface area contributed by atoms with E-state index in [0.29, 0.717) is 24.7 Å². The lowest BCUT2D eigenvalue weighted by Crippen LogP contribution is -2.42. The van der Waals surface area contributed by atoms with Crippen LogP contribution in [0.5, 0.6) is 11.5 Å². The molecule has 0 spiro atoms. The van der Waals surface area contributed by atoms with Crippen LogP contribution in [0.3, 0.4) is 0 Å². The van der Waals surface area contributed by atoms with Crippen LogP contribution in [0.15, 0.2) is 66.0 Å². The molecule has 1 aliphatic rings. The second-order valence-electron chi connectivity index (χ2n) is 6.62. The molecule has 1 unspecified atom stereocenters. The van der Waals surface area contributed by atoms with Gasteiger partial charge >= 0.3 is 0 Å². The number of carbonyl (C=O) groups excluding carboxylic acids is 1. The lowest BCUT2D eigenvalue weighted by atomic mass is 9.93. The van der Waals surface area contributed by atoms with Crippen molar-refractivity contribution in [2.75, 3.05) is 19.8 Å². The van der Waals surface area contributed by atoms with Gasteiger partial charge in [-0.15, -0.1) is 11.3 Å². The number of fused-ring (bicyclic) bond motifs is 1. The fourth-order valence-electron chi connectivity index (χ4n) is 3.65. The predicted molar refractivity (Wildman–Crippen MR) is 111 cm³/mol. The van der Waals surface area contributed by atoms with Crippen LogP contribution in [0.2, 0.25) is 0 Å². The first-order valence-corrected chi connectivity index (χ1v) is 10.4. The summed E-state index contributed by atoms with van der Waals surface area (Å²) >= 11 is 1.77. The maximum absolute atomic E-state index is 13.1. The van der Waals surface area contributed by atoms with Crippen LogP contribution < -0.4 is 9.47 Å². The number of rotatable bonds is 6. The molecule has 0 bridgehead atoms. The van der Waals surface area contributed by atoms with Gasteiger partial charge in [-0.2, -0.15) is 0 Å². The Labute approximate surface area is 169 Å². The molecule has 1 amide bonds. The molecule has 2 heterocycles. The first-order valence-electron chi connectivity index (χ1n) is 9.53. The third-order valence-electron chi connectivity index (χ3n) is 4.90. The molecule has 5 heteroatoms. The standard InChI is InChI=1S/C23H23NO3S/c1-2-26-19-10-6-7-11-20(19)27-16-22(25)24-14-12-21-18(13-15-28-21)23(24)17-8-4-3-5-9-17/h3-11,13,15,23H,2,12,14,16H2,1H3. The van der Waals surface area contributed by atoms with Crippen molar-refractivity contribution >= 4 is 17.2 Å². The molecule has 0 saturated carbocycles. The number of benzene rings is 2. The maximum atomic E-state index is 13.1. The van der Waals surface area contributed by atoms with Crippen molar-refractivity contribution in [1.29, 1.82) is 0 Å². The van der Waals surface area contributed by atoms with E-state index in [2.05, 4.69) is 23.6 Å². The normalized spacial score (nSPS) is 15.8. The number of amides is 1. The average Bonchev–Trinajstić information content (AvgIpc) is 3.22. The second kappa shape index (κ2) is 8.48. The molecule has 1 aliphatic heterocycles.